The summed E-state index contributed by atoms with van der Waals surface area (Å²) in [6.45, 7) is 4.28. The van der Waals surface area contributed by atoms with Crippen LogP contribution in [0.5, 0.6) is 0 Å². The molecule has 1 aliphatic rings. The first-order valence-electron chi connectivity index (χ1n) is 7.64. The summed E-state index contributed by atoms with van der Waals surface area (Å²) in [5, 5.41) is 3.88. The first-order chi connectivity index (χ1) is 10.7. The molecule has 1 aliphatic heterocycles. The predicted octanol–water partition coefficient (Wildman–Crippen LogP) is 2.08. The highest BCUT2D eigenvalue weighted by Gasteiger charge is 2.32. The first kappa shape index (κ1) is 14.8. The van der Waals surface area contributed by atoms with Gasteiger partial charge in [0.05, 0.1) is 12.6 Å². The molecule has 0 spiro atoms. The number of carbonyl (C=O) groups is 1. The van der Waals surface area contributed by atoms with E-state index >= 15 is 0 Å². The number of hydrogen-bond acceptors (Lipinski definition) is 4. The zero-order valence-electron chi connectivity index (χ0n) is 13.0. The van der Waals surface area contributed by atoms with Crippen molar-refractivity contribution in [2.24, 2.45) is 0 Å². The van der Waals surface area contributed by atoms with Gasteiger partial charge < -0.3 is 9.42 Å². The third-order valence-electron chi connectivity index (χ3n) is 4.30. The molecule has 0 aliphatic carbocycles. The molecule has 0 N–H and O–H groups in total. The van der Waals surface area contributed by atoms with Crippen LogP contribution in [0.2, 0.25) is 0 Å². The maximum atomic E-state index is 12.8. The topological polar surface area (TPSA) is 49.6 Å². The third kappa shape index (κ3) is 2.90. The van der Waals surface area contributed by atoms with Crippen LogP contribution in [-0.2, 0) is 24.3 Å². The average Bonchev–Trinajstić information content (AvgIpc) is 3.05. The highest BCUT2D eigenvalue weighted by Crippen LogP contribution is 2.24. The second-order valence-corrected chi connectivity index (χ2v) is 5.74. The summed E-state index contributed by atoms with van der Waals surface area (Å²) in [5.41, 5.74) is 3.38. The normalized spacial score (nSPS) is 18.0. The van der Waals surface area contributed by atoms with Crippen molar-refractivity contribution in [3.8, 4) is 0 Å². The van der Waals surface area contributed by atoms with E-state index in [2.05, 4.69) is 35.2 Å². The van der Waals surface area contributed by atoms with Crippen molar-refractivity contribution in [2.75, 3.05) is 13.6 Å². The van der Waals surface area contributed by atoms with Crippen LogP contribution in [0.3, 0.4) is 0 Å². The van der Waals surface area contributed by atoms with Gasteiger partial charge in [-0.1, -0.05) is 36.3 Å². The molecular weight excluding hydrogens is 278 g/mol. The molecule has 0 fully saturated rings. The lowest BCUT2D eigenvalue weighted by Gasteiger charge is -2.37. The summed E-state index contributed by atoms with van der Waals surface area (Å²) in [6.07, 6.45) is 2.30. The predicted molar refractivity (Wildman–Crippen MR) is 83.0 cm³/mol. The number of amides is 1. The molecular formula is C17H21N3O2. The maximum Gasteiger partial charge on any atom is 0.240 e. The molecule has 0 bridgehead atoms. The highest BCUT2D eigenvalue weighted by molar-refractivity contribution is 5.82. The average molecular weight is 299 g/mol. The molecule has 2 aromatic rings. The molecule has 0 saturated carbocycles. The van der Waals surface area contributed by atoms with Gasteiger partial charge in [-0.3, -0.25) is 9.69 Å². The number of benzene rings is 1. The van der Waals surface area contributed by atoms with Gasteiger partial charge in [-0.2, -0.15) is 0 Å². The van der Waals surface area contributed by atoms with Crippen LogP contribution < -0.4 is 0 Å². The fourth-order valence-corrected chi connectivity index (χ4v) is 3.05. The van der Waals surface area contributed by atoms with Gasteiger partial charge >= 0.3 is 0 Å². The summed E-state index contributed by atoms with van der Waals surface area (Å²) in [5.74, 6) is 0.138. The lowest BCUT2D eigenvalue weighted by atomic mass is 9.93. The van der Waals surface area contributed by atoms with Crippen LogP contribution >= 0.6 is 0 Å². The lowest BCUT2D eigenvalue weighted by Crippen LogP contribution is -2.50. The van der Waals surface area contributed by atoms with E-state index in [0.717, 1.165) is 25.2 Å². The van der Waals surface area contributed by atoms with Crippen molar-refractivity contribution < 1.29 is 9.32 Å². The molecule has 0 saturated heterocycles. The second kappa shape index (κ2) is 6.32. The fraction of sp³-hybridized carbons (Fsp3) is 0.412. The fourth-order valence-electron chi connectivity index (χ4n) is 3.05. The Bertz CT molecular complexity index is 639. The molecule has 2 heterocycles. The van der Waals surface area contributed by atoms with E-state index in [1.165, 1.54) is 17.4 Å². The summed E-state index contributed by atoms with van der Waals surface area (Å²) in [6, 6.07) is 10.1. The van der Waals surface area contributed by atoms with Gasteiger partial charge in [-0.05, 0) is 24.1 Å². The number of hydrogen-bond donors (Lipinski definition) is 0. The number of likely N-dealkylation sites (N-methyl/N-ethyl adjacent to an activating group) is 2. The van der Waals surface area contributed by atoms with Crippen molar-refractivity contribution in [1.82, 2.24) is 15.0 Å². The monoisotopic (exact) mass is 299 g/mol. The Morgan fingerprint density at radius 3 is 2.82 bits per heavy atom. The molecule has 0 unspecified atom stereocenters. The standard InChI is InChI=1S/C17H21N3O2/c1-3-20-11-14-7-5-4-6-13(14)10-16(20)17(21)19(2)12-15-8-9-22-18-15/h4-9,16H,3,10-12H2,1-2H3/t16-/m1/s1. The van der Waals surface area contributed by atoms with Crippen LogP contribution in [0.4, 0.5) is 0 Å². The van der Waals surface area contributed by atoms with Crippen molar-refractivity contribution >= 4 is 5.91 Å². The molecule has 5 heteroatoms. The number of nitrogens with zero attached hydrogens (tertiary/aromatic N) is 3. The van der Waals surface area contributed by atoms with Crippen LogP contribution in [0.1, 0.15) is 23.7 Å². The van der Waals surface area contributed by atoms with E-state index in [1.807, 2.05) is 13.1 Å². The quantitative estimate of drug-likeness (QED) is 0.867. The summed E-state index contributed by atoms with van der Waals surface area (Å²) in [7, 11) is 1.82. The zero-order valence-corrected chi connectivity index (χ0v) is 13.0. The Kier molecular flexibility index (Phi) is 4.24. The SMILES string of the molecule is CCN1Cc2ccccc2C[C@@H]1C(=O)N(C)Cc1ccon1. The van der Waals surface area contributed by atoms with E-state index in [9.17, 15) is 4.79 Å². The molecule has 1 amide bonds. The largest absolute Gasteiger partial charge is 0.364 e. The summed E-state index contributed by atoms with van der Waals surface area (Å²) in [4.78, 5) is 16.8. The Hall–Kier alpha value is -2.14. The summed E-state index contributed by atoms with van der Waals surface area (Å²) >= 11 is 0. The van der Waals surface area contributed by atoms with Crippen LogP contribution in [0.25, 0.3) is 0 Å². The van der Waals surface area contributed by atoms with Crippen molar-refractivity contribution in [1.29, 1.82) is 0 Å². The molecule has 3 rings (SSSR count). The van der Waals surface area contributed by atoms with E-state index in [-0.39, 0.29) is 11.9 Å². The van der Waals surface area contributed by atoms with Crippen molar-refractivity contribution in [2.45, 2.75) is 32.5 Å². The van der Waals surface area contributed by atoms with E-state index in [1.54, 1.807) is 11.0 Å². The van der Waals surface area contributed by atoms with Crippen LogP contribution in [0, 0.1) is 0 Å². The molecule has 1 aromatic heterocycles. The summed E-state index contributed by atoms with van der Waals surface area (Å²) < 4.78 is 4.83. The van der Waals surface area contributed by atoms with Crippen molar-refractivity contribution in [3.05, 3.63) is 53.4 Å². The van der Waals surface area contributed by atoms with E-state index in [0.29, 0.717) is 6.54 Å². The number of carbonyl (C=O) groups excluding carboxylic acids is 1. The first-order valence-corrected chi connectivity index (χ1v) is 7.64. The number of rotatable bonds is 4. The zero-order chi connectivity index (χ0) is 15.5. The van der Waals surface area contributed by atoms with Crippen molar-refractivity contribution in [3.63, 3.8) is 0 Å². The van der Waals surface area contributed by atoms with Gasteiger partial charge in [0.25, 0.3) is 0 Å². The number of fused-ring (bicyclic) bond motifs is 1. The van der Waals surface area contributed by atoms with Gasteiger partial charge in [0.1, 0.15) is 12.0 Å². The molecule has 116 valence electrons. The maximum absolute atomic E-state index is 12.8. The minimum atomic E-state index is -0.100. The lowest BCUT2D eigenvalue weighted by molar-refractivity contribution is -0.136. The van der Waals surface area contributed by atoms with Gasteiger partial charge in [0.2, 0.25) is 5.91 Å². The number of aromatic nitrogens is 1. The molecule has 0 radical (unpaired) electrons. The van der Waals surface area contributed by atoms with Crippen LogP contribution in [-0.4, -0.2) is 40.5 Å². The smallest absolute Gasteiger partial charge is 0.240 e. The molecule has 1 atom stereocenters. The molecule has 22 heavy (non-hydrogen) atoms. The van der Waals surface area contributed by atoms with Gasteiger partial charge in [0, 0.05) is 19.7 Å². The Morgan fingerprint density at radius 2 is 2.14 bits per heavy atom. The minimum Gasteiger partial charge on any atom is -0.364 e. The van der Waals surface area contributed by atoms with E-state index in [4.69, 9.17) is 4.52 Å². The van der Waals surface area contributed by atoms with Gasteiger partial charge in [0.15, 0.2) is 0 Å². The Labute approximate surface area is 130 Å². The Morgan fingerprint density at radius 1 is 1.36 bits per heavy atom. The van der Waals surface area contributed by atoms with Gasteiger partial charge in [-0.25, -0.2) is 0 Å². The van der Waals surface area contributed by atoms with Gasteiger partial charge in [-0.15, -0.1) is 0 Å². The second-order valence-electron chi connectivity index (χ2n) is 5.74. The van der Waals surface area contributed by atoms with Crippen LogP contribution in [0.15, 0.2) is 41.1 Å². The molecule has 1 aromatic carbocycles. The minimum absolute atomic E-state index is 0.100. The molecule has 5 nitrogen and oxygen atoms in total. The highest BCUT2D eigenvalue weighted by atomic mass is 16.5. The third-order valence-corrected chi connectivity index (χ3v) is 4.30. The Balaban J connectivity index is 1.76. The van der Waals surface area contributed by atoms with E-state index < -0.39 is 0 Å².